The van der Waals surface area contributed by atoms with Crippen LogP contribution in [0.25, 0.3) is 11.3 Å². The van der Waals surface area contributed by atoms with Crippen molar-refractivity contribution >= 4 is 23.7 Å². The Morgan fingerprint density at radius 1 is 1.02 bits per heavy atom. The van der Waals surface area contributed by atoms with Crippen molar-refractivity contribution in [1.82, 2.24) is 25.5 Å². The van der Waals surface area contributed by atoms with Gasteiger partial charge in [0.1, 0.15) is 0 Å². The van der Waals surface area contributed by atoms with Crippen molar-refractivity contribution in [3.63, 3.8) is 0 Å². The number of nitrogen functional groups attached to an aromatic ring is 1. The molecule has 3 atom stereocenters. The molecule has 0 bridgehead atoms. The number of hydrogen-bond donors (Lipinski definition) is 4. The maximum atomic E-state index is 13.3. The molecular weight excluding hydrogens is 508 g/mol. The van der Waals surface area contributed by atoms with Crippen LogP contribution < -0.4 is 16.4 Å². The lowest BCUT2D eigenvalue weighted by atomic mass is 9.82. The van der Waals surface area contributed by atoms with Crippen molar-refractivity contribution in [3.8, 4) is 11.3 Å². The van der Waals surface area contributed by atoms with Crippen LogP contribution in [0, 0.1) is 5.41 Å². The highest BCUT2D eigenvalue weighted by atomic mass is 16.4. The number of aromatic nitrogens is 2. The van der Waals surface area contributed by atoms with Gasteiger partial charge < -0.3 is 26.4 Å². The first-order valence-electron chi connectivity index (χ1n) is 13.4. The molecule has 2 aliphatic rings. The van der Waals surface area contributed by atoms with Crippen molar-refractivity contribution in [2.45, 2.75) is 58.2 Å². The van der Waals surface area contributed by atoms with Crippen molar-refractivity contribution < 1.29 is 19.5 Å². The molecule has 0 spiro atoms. The smallest absolute Gasteiger partial charge is 0.407 e. The zero-order chi connectivity index (χ0) is 28.6. The third-order valence-electron chi connectivity index (χ3n) is 7.72. The maximum Gasteiger partial charge on any atom is 0.407 e. The Balaban J connectivity index is 1.34. The first-order valence-corrected chi connectivity index (χ1v) is 13.4. The number of carbonyl (C=O) groups is 3. The van der Waals surface area contributed by atoms with Crippen LogP contribution in [0.15, 0.2) is 54.7 Å². The molecule has 2 aromatic carbocycles. The van der Waals surface area contributed by atoms with E-state index >= 15 is 0 Å². The second kappa shape index (κ2) is 10.6. The van der Waals surface area contributed by atoms with E-state index in [0.29, 0.717) is 29.8 Å². The van der Waals surface area contributed by atoms with Crippen LogP contribution in [0.1, 0.15) is 71.6 Å². The van der Waals surface area contributed by atoms with E-state index in [9.17, 15) is 19.5 Å². The number of aryl methyl sites for hydroxylation is 1. The molecule has 3 aromatic rings. The van der Waals surface area contributed by atoms with E-state index in [1.54, 1.807) is 24.3 Å². The summed E-state index contributed by atoms with van der Waals surface area (Å²) in [5, 5.41) is 15.7. The van der Waals surface area contributed by atoms with Gasteiger partial charge in [0.2, 0.25) is 0 Å². The number of fused-ring (bicyclic) bond motifs is 1. The van der Waals surface area contributed by atoms with E-state index in [0.717, 1.165) is 18.4 Å². The van der Waals surface area contributed by atoms with E-state index < -0.39 is 29.5 Å². The van der Waals surface area contributed by atoms with Gasteiger partial charge in [0.15, 0.2) is 11.5 Å². The van der Waals surface area contributed by atoms with Crippen LogP contribution >= 0.6 is 0 Å². The maximum absolute atomic E-state index is 13.3. The normalized spacial score (nSPS) is 20.2. The quantitative estimate of drug-likeness (QED) is 0.380. The molecule has 1 unspecified atom stereocenters. The lowest BCUT2D eigenvalue weighted by Gasteiger charge is -2.37. The van der Waals surface area contributed by atoms with Crippen molar-refractivity contribution in [3.05, 3.63) is 77.1 Å². The average molecular weight is 543 g/mol. The Morgan fingerprint density at radius 2 is 1.80 bits per heavy atom. The van der Waals surface area contributed by atoms with Gasteiger partial charge >= 0.3 is 6.09 Å². The van der Waals surface area contributed by atoms with Crippen LogP contribution in [-0.2, 0) is 6.42 Å². The summed E-state index contributed by atoms with van der Waals surface area (Å²) in [5.74, 6) is -0.745. The number of benzene rings is 2. The molecule has 2 heterocycles. The number of rotatable bonds is 5. The minimum atomic E-state index is -1.01. The van der Waals surface area contributed by atoms with Crippen molar-refractivity contribution in [2.75, 3.05) is 12.3 Å². The first-order chi connectivity index (χ1) is 19.0. The van der Waals surface area contributed by atoms with E-state index in [1.165, 1.54) is 16.7 Å². The zero-order valence-corrected chi connectivity index (χ0v) is 22.8. The van der Waals surface area contributed by atoms with Crippen molar-refractivity contribution in [2.24, 2.45) is 5.41 Å². The molecule has 10 nitrogen and oxygen atoms in total. The lowest BCUT2D eigenvalue weighted by Crippen LogP contribution is -2.53. The highest BCUT2D eigenvalue weighted by Gasteiger charge is 2.45. The lowest BCUT2D eigenvalue weighted by molar-refractivity contribution is 0.0823. The van der Waals surface area contributed by atoms with Crippen LogP contribution in [0.3, 0.4) is 0 Å². The Hall–Kier alpha value is -4.47. The van der Waals surface area contributed by atoms with Gasteiger partial charge in [0.05, 0.1) is 30.0 Å². The average Bonchev–Trinajstić information content (AvgIpc) is 3.53. The predicted molar refractivity (Wildman–Crippen MR) is 151 cm³/mol. The molecule has 1 fully saturated rings. The van der Waals surface area contributed by atoms with Gasteiger partial charge in [-0.15, -0.1) is 0 Å². The number of nitrogens with zero attached hydrogens (tertiary/aromatic N) is 3. The molecule has 10 heteroatoms. The van der Waals surface area contributed by atoms with Crippen LogP contribution in [0.4, 0.5) is 10.6 Å². The van der Waals surface area contributed by atoms with Gasteiger partial charge in [-0.3, -0.25) is 9.59 Å². The minimum absolute atomic E-state index is 0.0320. The molecular formula is C30H34N6O4. The van der Waals surface area contributed by atoms with E-state index in [-0.39, 0.29) is 23.5 Å². The van der Waals surface area contributed by atoms with Crippen molar-refractivity contribution in [1.29, 1.82) is 0 Å². The fourth-order valence-corrected chi connectivity index (χ4v) is 5.94. The van der Waals surface area contributed by atoms with Gasteiger partial charge in [-0.25, -0.2) is 14.8 Å². The zero-order valence-electron chi connectivity index (χ0n) is 22.8. The summed E-state index contributed by atoms with van der Waals surface area (Å²) < 4.78 is 0. The third-order valence-corrected chi connectivity index (χ3v) is 7.72. The highest BCUT2D eigenvalue weighted by molar-refractivity contribution is 5.98. The summed E-state index contributed by atoms with van der Waals surface area (Å²) in [4.78, 5) is 48.3. The molecule has 40 heavy (non-hydrogen) atoms. The summed E-state index contributed by atoms with van der Waals surface area (Å²) in [6, 6.07) is 14.3. The number of amides is 3. The topological polar surface area (TPSA) is 151 Å². The molecule has 0 radical (unpaired) electrons. The Kier molecular flexibility index (Phi) is 7.18. The number of carboxylic acid groups (broad SMARTS) is 1. The number of nitrogens with two attached hydrogens (primary N) is 1. The standard InChI is InChI=1S/C30H34N6O4/c1-30(2,3)25-22(13-14-36(25)29(39)40)35-28(38)24-26(31)32-16-23(33-24)18-8-6-9-19(15-18)27(37)34-21-12-11-17-7-4-5-10-20(17)21/h4-10,15-16,21-22,25H,11-14H2,1-3H3,(H2,31,32)(H,34,37)(H,35,38)(H,39,40)/t21-,22-,25?/m0/s1. The summed E-state index contributed by atoms with van der Waals surface area (Å²) in [7, 11) is 0. The van der Waals surface area contributed by atoms with E-state index in [4.69, 9.17) is 5.73 Å². The largest absolute Gasteiger partial charge is 0.465 e. The second-order valence-corrected chi connectivity index (χ2v) is 11.5. The Labute approximate surface area is 233 Å². The fourth-order valence-electron chi connectivity index (χ4n) is 5.94. The van der Waals surface area contributed by atoms with Gasteiger partial charge in [0.25, 0.3) is 11.8 Å². The van der Waals surface area contributed by atoms with Crippen LogP contribution in [0.2, 0.25) is 0 Å². The number of likely N-dealkylation sites (tertiary alicyclic amines) is 1. The van der Waals surface area contributed by atoms with Crippen LogP contribution in [-0.4, -0.2) is 56.5 Å². The summed E-state index contributed by atoms with van der Waals surface area (Å²) in [6.45, 7) is 6.16. The summed E-state index contributed by atoms with van der Waals surface area (Å²) in [6.07, 6.45) is 2.72. The summed E-state index contributed by atoms with van der Waals surface area (Å²) >= 11 is 0. The number of nitrogens with one attached hydrogen (secondary N) is 2. The highest BCUT2D eigenvalue weighted by Crippen LogP contribution is 2.34. The molecule has 208 valence electrons. The SMILES string of the molecule is CC(C)(C)C1[C@@H](NC(=O)c2nc(-c3cccc(C(=O)N[C@H]4CCc5ccccc54)c3)cnc2N)CCN1C(=O)O. The fraction of sp³-hybridized carbons (Fsp3) is 0.367. The number of hydrogen-bond acceptors (Lipinski definition) is 6. The molecule has 1 aliphatic heterocycles. The molecule has 1 aromatic heterocycles. The molecule has 0 saturated carbocycles. The predicted octanol–water partition coefficient (Wildman–Crippen LogP) is 4.04. The van der Waals surface area contributed by atoms with Crippen LogP contribution in [0.5, 0.6) is 0 Å². The van der Waals surface area contributed by atoms with Gasteiger partial charge in [-0.05, 0) is 47.9 Å². The van der Waals surface area contributed by atoms with E-state index in [1.807, 2.05) is 32.9 Å². The molecule has 5 N–H and O–H groups in total. The first kappa shape index (κ1) is 27.1. The van der Waals surface area contributed by atoms with Gasteiger partial charge in [-0.1, -0.05) is 57.2 Å². The summed E-state index contributed by atoms with van der Waals surface area (Å²) in [5.41, 5.74) is 9.49. The third kappa shape index (κ3) is 5.34. The molecule has 3 amide bonds. The Morgan fingerprint density at radius 3 is 2.55 bits per heavy atom. The number of carbonyl (C=O) groups excluding carboxylic acids is 2. The minimum Gasteiger partial charge on any atom is -0.465 e. The van der Waals surface area contributed by atoms with Gasteiger partial charge in [0, 0.05) is 17.7 Å². The second-order valence-electron chi connectivity index (χ2n) is 11.5. The molecule has 5 rings (SSSR count). The monoisotopic (exact) mass is 542 g/mol. The Bertz CT molecular complexity index is 1470. The van der Waals surface area contributed by atoms with Gasteiger partial charge in [-0.2, -0.15) is 0 Å². The molecule has 1 aliphatic carbocycles. The number of anilines is 1. The molecule has 1 saturated heterocycles. The van der Waals surface area contributed by atoms with E-state index in [2.05, 4.69) is 32.7 Å².